The zero-order valence-electron chi connectivity index (χ0n) is 11.4. The Bertz CT molecular complexity index is 508. The first kappa shape index (κ1) is 15.3. The maximum Gasteiger partial charge on any atom is 0.253 e. The Morgan fingerprint density at radius 3 is 3.00 bits per heavy atom. The second-order valence-corrected chi connectivity index (χ2v) is 5.97. The summed E-state index contributed by atoms with van der Waals surface area (Å²) < 4.78 is 19.8. The number of amides is 1. The molecule has 2 rings (SSSR count). The van der Waals surface area contributed by atoms with Crippen molar-refractivity contribution in [3.63, 3.8) is 0 Å². The predicted molar refractivity (Wildman–Crippen MR) is 79.4 cm³/mol. The summed E-state index contributed by atoms with van der Waals surface area (Å²) in [6.07, 6.45) is 2.06. The van der Waals surface area contributed by atoms with Gasteiger partial charge in [0.25, 0.3) is 5.91 Å². The highest BCUT2D eigenvalue weighted by atomic mass is 79.9. The van der Waals surface area contributed by atoms with Crippen LogP contribution in [0.3, 0.4) is 0 Å². The molecule has 0 aromatic heterocycles. The Balaban J connectivity index is 2.33. The summed E-state index contributed by atoms with van der Waals surface area (Å²) in [4.78, 5) is 13.5. The fourth-order valence-corrected chi connectivity index (χ4v) is 3.13. The van der Waals surface area contributed by atoms with E-state index < -0.39 is 11.7 Å². The van der Waals surface area contributed by atoms with Crippen molar-refractivity contribution in [3.05, 3.63) is 28.0 Å². The van der Waals surface area contributed by atoms with Crippen molar-refractivity contribution in [2.45, 2.75) is 12.8 Å². The smallest absolute Gasteiger partial charge is 0.253 e. The topological polar surface area (TPSA) is 55.6 Å². The normalized spacial score (nSPS) is 19.1. The lowest BCUT2D eigenvalue weighted by molar-refractivity contribution is 0.0996. The zero-order chi connectivity index (χ0) is 14.7. The van der Waals surface area contributed by atoms with E-state index in [1.54, 1.807) is 13.2 Å². The molecule has 0 saturated carbocycles. The molecule has 0 aliphatic carbocycles. The van der Waals surface area contributed by atoms with Gasteiger partial charge in [-0.2, -0.15) is 0 Å². The number of carbonyl (C=O) groups excluding carboxylic acids is 1. The van der Waals surface area contributed by atoms with E-state index in [1.165, 1.54) is 6.07 Å². The van der Waals surface area contributed by atoms with Crippen molar-refractivity contribution < 1.29 is 13.9 Å². The highest BCUT2D eigenvalue weighted by Crippen LogP contribution is 2.31. The Morgan fingerprint density at radius 1 is 1.60 bits per heavy atom. The lowest BCUT2D eigenvalue weighted by Crippen LogP contribution is -2.38. The van der Waals surface area contributed by atoms with Gasteiger partial charge in [0.2, 0.25) is 0 Å². The van der Waals surface area contributed by atoms with Gasteiger partial charge < -0.3 is 15.4 Å². The van der Waals surface area contributed by atoms with Crippen molar-refractivity contribution in [2.24, 2.45) is 11.7 Å². The van der Waals surface area contributed by atoms with Gasteiger partial charge in [0.15, 0.2) is 0 Å². The van der Waals surface area contributed by atoms with Crippen molar-refractivity contribution >= 4 is 27.5 Å². The van der Waals surface area contributed by atoms with Crippen LogP contribution in [0.5, 0.6) is 0 Å². The highest BCUT2D eigenvalue weighted by Gasteiger charge is 2.25. The van der Waals surface area contributed by atoms with Crippen LogP contribution in [0.2, 0.25) is 0 Å². The average Bonchev–Trinajstić information content (AvgIpc) is 2.38. The molecule has 2 N–H and O–H groups in total. The number of nitrogens with zero attached hydrogens (tertiary/aromatic N) is 1. The maximum atomic E-state index is 14.0. The second kappa shape index (κ2) is 6.54. The van der Waals surface area contributed by atoms with Crippen LogP contribution >= 0.6 is 15.9 Å². The largest absolute Gasteiger partial charge is 0.384 e. The molecule has 0 radical (unpaired) electrons. The Morgan fingerprint density at radius 2 is 2.35 bits per heavy atom. The molecule has 1 aliphatic rings. The highest BCUT2D eigenvalue weighted by molar-refractivity contribution is 9.10. The minimum atomic E-state index is -0.737. The number of carbonyl (C=O) groups is 1. The van der Waals surface area contributed by atoms with Gasteiger partial charge in [0.05, 0.1) is 17.9 Å². The molecule has 1 heterocycles. The second-order valence-electron chi connectivity index (χ2n) is 5.06. The SMILES string of the molecule is COC[C@@H]1CCCN(c2cc(Br)cc(F)c2C(N)=O)C1. The number of rotatable bonds is 4. The van der Waals surface area contributed by atoms with Crippen molar-refractivity contribution in [1.29, 1.82) is 0 Å². The van der Waals surface area contributed by atoms with Gasteiger partial charge in [-0.3, -0.25) is 4.79 Å². The number of anilines is 1. The molecule has 1 aromatic carbocycles. The van der Waals surface area contributed by atoms with E-state index in [0.29, 0.717) is 22.7 Å². The average molecular weight is 345 g/mol. The Kier molecular flexibility index (Phi) is 4.99. The van der Waals surface area contributed by atoms with Crippen LogP contribution in [0.25, 0.3) is 0 Å². The van der Waals surface area contributed by atoms with Crippen LogP contribution in [-0.2, 0) is 4.74 Å². The quantitative estimate of drug-likeness (QED) is 0.913. The number of hydrogen-bond donors (Lipinski definition) is 1. The summed E-state index contributed by atoms with van der Waals surface area (Å²) in [5.74, 6) is -0.939. The Hall–Kier alpha value is -1.14. The van der Waals surface area contributed by atoms with Crippen LogP contribution in [0.4, 0.5) is 10.1 Å². The number of piperidine rings is 1. The first-order chi connectivity index (χ1) is 9.52. The monoisotopic (exact) mass is 344 g/mol. The summed E-state index contributed by atoms with van der Waals surface area (Å²) in [6.45, 7) is 2.19. The summed E-state index contributed by atoms with van der Waals surface area (Å²) in [6, 6.07) is 3.01. The first-order valence-corrected chi connectivity index (χ1v) is 7.35. The van der Waals surface area contributed by atoms with Gasteiger partial charge in [-0.25, -0.2) is 4.39 Å². The van der Waals surface area contributed by atoms with Gasteiger partial charge in [-0.05, 0) is 30.9 Å². The van der Waals surface area contributed by atoms with Gasteiger partial charge >= 0.3 is 0 Å². The summed E-state index contributed by atoms with van der Waals surface area (Å²) >= 11 is 3.27. The number of hydrogen-bond acceptors (Lipinski definition) is 3. The number of ether oxygens (including phenoxy) is 1. The standard InChI is InChI=1S/C14H18BrFN2O2/c1-20-8-9-3-2-4-18(7-9)12-6-10(15)5-11(16)13(12)14(17)19/h5-6,9H,2-4,7-8H2,1H3,(H2,17,19)/t9-/m1/s1. The van der Waals surface area contributed by atoms with Crippen LogP contribution < -0.4 is 10.6 Å². The number of nitrogens with two attached hydrogens (primary N) is 1. The van der Waals surface area contributed by atoms with Crippen LogP contribution in [0, 0.1) is 11.7 Å². The fourth-order valence-electron chi connectivity index (χ4n) is 2.71. The lowest BCUT2D eigenvalue weighted by atomic mass is 9.97. The van der Waals surface area contributed by atoms with Crippen molar-refractivity contribution in [2.75, 3.05) is 31.7 Å². The van der Waals surface area contributed by atoms with E-state index in [4.69, 9.17) is 10.5 Å². The molecule has 1 aliphatic heterocycles. The third-order valence-electron chi connectivity index (χ3n) is 3.54. The molecule has 1 saturated heterocycles. The van der Waals surface area contributed by atoms with E-state index in [-0.39, 0.29) is 5.56 Å². The van der Waals surface area contributed by atoms with E-state index >= 15 is 0 Å². The number of benzene rings is 1. The predicted octanol–water partition coefficient (Wildman–Crippen LogP) is 2.55. The molecule has 1 fully saturated rings. The molecule has 1 amide bonds. The van der Waals surface area contributed by atoms with Crippen molar-refractivity contribution in [1.82, 2.24) is 0 Å². The van der Waals surface area contributed by atoms with E-state index in [9.17, 15) is 9.18 Å². The van der Waals surface area contributed by atoms with E-state index in [1.807, 2.05) is 4.90 Å². The van der Waals surface area contributed by atoms with Crippen LogP contribution in [-0.4, -0.2) is 32.7 Å². The molecular formula is C14H18BrFN2O2. The van der Waals surface area contributed by atoms with Crippen molar-refractivity contribution in [3.8, 4) is 0 Å². The number of halogens is 2. The molecule has 0 spiro atoms. The third kappa shape index (κ3) is 3.30. The van der Waals surface area contributed by atoms with E-state index in [2.05, 4.69) is 15.9 Å². The molecule has 4 nitrogen and oxygen atoms in total. The minimum absolute atomic E-state index is 0.0359. The van der Waals surface area contributed by atoms with Gasteiger partial charge in [-0.1, -0.05) is 15.9 Å². The summed E-state index contributed by atoms with van der Waals surface area (Å²) in [5.41, 5.74) is 5.84. The summed E-state index contributed by atoms with van der Waals surface area (Å²) in [7, 11) is 1.67. The minimum Gasteiger partial charge on any atom is -0.384 e. The fraction of sp³-hybridized carbons (Fsp3) is 0.500. The zero-order valence-corrected chi connectivity index (χ0v) is 13.0. The van der Waals surface area contributed by atoms with E-state index in [0.717, 1.165) is 25.9 Å². The molecule has 0 bridgehead atoms. The molecule has 1 aromatic rings. The maximum absolute atomic E-state index is 14.0. The third-order valence-corrected chi connectivity index (χ3v) is 4.00. The molecule has 1 atom stereocenters. The molecule has 20 heavy (non-hydrogen) atoms. The first-order valence-electron chi connectivity index (χ1n) is 6.55. The van der Waals surface area contributed by atoms with Crippen LogP contribution in [0.15, 0.2) is 16.6 Å². The molecular weight excluding hydrogens is 327 g/mol. The number of methoxy groups -OCH3 is 1. The molecule has 0 unspecified atom stereocenters. The van der Waals surface area contributed by atoms with Gasteiger partial charge in [-0.15, -0.1) is 0 Å². The lowest BCUT2D eigenvalue weighted by Gasteiger charge is -2.35. The molecule has 6 heteroatoms. The van der Waals surface area contributed by atoms with Crippen LogP contribution in [0.1, 0.15) is 23.2 Å². The molecule has 110 valence electrons. The Labute approximate surface area is 126 Å². The van der Waals surface area contributed by atoms with Gasteiger partial charge in [0, 0.05) is 24.7 Å². The summed E-state index contributed by atoms with van der Waals surface area (Å²) in [5, 5.41) is 0. The number of primary amides is 1. The van der Waals surface area contributed by atoms with Gasteiger partial charge in [0.1, 0.15) is 5.82 Å².